The number of nitrogens with zero attached hydrogens (tertiary/aromatic N) is 1. The molecule has 5 rings (SSSR count). The van der Waals surface area contributed by atoms with E-state index in [1.54, 1.807) is 43.3 Å². The monoisotopic (exact) mass is 425 g/mol. The standard InChI is InChI=1S/C25H15NO6/c1-14-12-22(27)32-21-13-17(10-11-18(14)21)31-25(30)15-6-8-16(9-7-15)26-23(28)19-4-2-3-5-20(19)24(26)29/h2-13H,1H3. The summed E-state index contributed by atoms with van der Waals surface area (Å²) in [7, 11) is 0. The van der Waals surface area contributed by atoms with Gasteiger partial charge in [-0.15, -0.1) is 0 Å². The minimum atomic E-state index is -0.631. The Morgan fingerprint density at radius 3 is 2.16 bits per heavy atom. The highest BCUT2D eigenvalue weighted by atomic mass is 16.5. The summed E-state index contributed by atoms with van der Waals surface area (Å²) in [5.74, 6) is -1.23. The molecule has 4 aromatic rings. The van der Waals surface area contributed by atoms with E-state index in [0.717, 1.165) is 15.8 Å². The quantitative estimate of drug-likeness (QED) is 0.212. The predicted molar refractivity (Wildman–Crippen MR) is 116 cm³/mol. The number of ether oxygens (including phenoxy) is 1. The van der Waals surface area contributed by atoms with Crippen molar-refractivity contribution in [2.75, 3.05) is 4.90 Å². The topological polar surface area (TPSA) is 93.9 Å². The fourth-order valence-corrected chi connectivity index (χ4v) is 3.71. The number of carbonyl (C=O) groups excluding carboxylic acids is 3. The van der Waals surface area contributed by atoms with Gasteiger partial charge in [-0.05, 0) is 61.0 Å². The number of rotatable bonds is 3. The molecule has 0 N–H and O–H groups in total. The number of carbonyl (C=O) groups is 3. The van der Waals surface area contributed by atoms with Crippen molar-refractivity contribution in [2.45, 2.75) is 6.92 Å². The number of anilines is 1. The molecule has 7 nitrogen and oxygen atoms in total. The Balaban J connectivity index is 1.37. The fraction of sp³-hybridized carbons (Fsp3) is 0.0400. The van der Waals surface area contributed by atoms with E-state index >= 15 is 0 Å². The smallest absolute Gasteiger partial charge is 0.343 e. The van der Waals surface area contributed by atoms with Crippen LogP contribution in [0.25, 0.3) is 11.0 Å². The lowest BCUT2D eigenvalue weighted by molar-refractivity contribution is 0.0734. The molecule has 0 bridgehead atoms. The molecule has 0 aliphatic carbocycles. The average Bonchev–Trinajstić information content (AvgIpc) is 3.04. The number of imide groups is 1. The van der Waals surface area contributed by atoms with Crippen molar-refractivity contribution < 1.29 is 23.5 Å². The summed E-state index contributed by atoms with van der Waals surface area (Å²) in [6.45, 7) is 1.79. The maximum atomic E-state index is 12.6. The molecule has 0 spiro atoms. The zero-order chi connectivity index (χ0) is 22.4. The molecule has 7 heteroatoms. The van der Waals surface area contributed by atoms with Crippen molar-refractivity contribution in [3.05, 3.63) is 105 Å². The summed E-state index contributed by atoms with van der Waals surface area (Å²) in [5.41, 5.74) is 1.88. The lowest BCUT2D eigenvalue weighted by Gasteiger charge is -2.14. The Labute approximate surface area is 181 Å². The van der Waals surface area contributed by atoms with Crippen LogP contribution in [0.2, 0.25) is 0 Å². The molecular weight excluding hydrogens is 410 g/mol. The molecule has 1 aromatic heterocycles. The van der Waals surface area contributed by atoms with E-state index in [9.17, 15) is 19.2 Å². The third-order valence-electron chi connectivity index (χ3n) is 5.29. The molecule has 0 atom stereocenters. The van der Waals surface area contributed by atoms with Gasteiger partial charge in [-0.1, -0.05) is 12.1 Å². The van der Waals surface area contributed by atoms with E-state index in [0.29, 0.717) is 22.4 Å². The van der Waals surface area contributed by atoms with Gasteiger partial charge in [-0.3, -0.25) is 9.59 Å². The van der Waals surface area contributed by atoms with Gasteiger partial charge >= 0.3 is 11.6 Å². The van der Waals surface area contributed by atoms with E-state index in [4.69, 9.17) is 9.15 Å². The van der Waals surface area contributed by atoms with Crippen molar-refractivity contribution in [1.29, 1.82) is 0 Å². The van der Waals surface area contributed by atoms with E-state index in [2.05, 4.69) is 0 Å². The fourth-order valence-electron chi connectivity index (χ4n) is 3.71. The number of fused-ring (bicyclic) bond motifs is 2. The normalized spacial score (nSPS) is 12.8. The Bertz CT molecular complexity index is 1450. The van der Waals surface area contributed by atoms with Crippen LogP contribution in [0.15, 0.2) is 82.0 Å². The summed E-state index contributed by atoms with van der Waals surface area (Å²) in [5, 5.41) is 0.745. The SMILES string of the molecule is Cc1cc(=O)oc2cc(OC(=O)c3ccc(N4C(=O)c5ccccc5C4=O)cc3)ccc12. The van der Waals surface area contributed by atoms with Gasteiger partial charge in [-0.2, -0.15) is 0 Å². The number of aryl methyl sites for hydroxylation is 1. The van der Waals surface area contributed by atoms with Crippen LogP contribution in [0, 0.1) is 6.92 Å². The molecule has 0 saturated carbocycles. The van der Waals surface area contributed by atoms with Crippen molar-refractivity contribution in [2.24, 2.45) is 0 Å². The zero-order valence-electron chi connectivity index (χ0n) is 16.8. The maximum absolute atomic E-state index is 12.6. The lowest BCUT2D eigenvalue weighted by atomic mass is 10.1. The van der Waals surface area contributed by atoms with E-state index in [1.165, 1.54) is 36.4 Å². The van der Waals surface area contributed by atoms with Gasteiger partial charge in [0.05, 0.1) is 22.4 Å². The molecule has 0 fully saturated rings. The van der Waals surface area contributed by atoms with Crippen molar-refractivity contribution in [3.8, 4) is 5.75 Å². The summed E-state index contributed by atoms with van der Waals surface area (Å²) in [4.78, 5) is 50.4. The summed E-state index contributed by atoms with van der Waals surface area (Å²) in [6.07, 6.45) is 0. The van der Waals surface area contributed by atoms with Crippen molar-refractivity contribution in [3.63, 3.8) is 0 Å². The lowest BCUT2D eigenvalue weighted by Crippen LogP contribution is -2.29. The minimum Gasteiger partial charge on any atom is -0.423 e. The highest BCUT2D eigenvalue weighted by Crippen LogP contribution is 2.29. The van der Waals surface area contributed by atoms with Gasteiger partial charge in [0.1, 0.15) is 11.3 Å². The largest absolute Gasteiger partial charge is 0.423 e. The second kappa shape index (κ2) is 7.31. The van der Waals surface area contributed by atoms with Gasteiger partial charge in [-0.25, -0.2) is 14.5 Å². The molecule has 156 valence electrons. The van der Waals surface area contributed by atoms with Crippen LogP contribution in [0.5, 0.6) is 5.75 Å². The van der Waals surface area contributed by atoms with E-state index in [-0.39, 0.29) is 11.3 Å². The average molecular weight is 425 g/mol. The summed E-state index contributed by atoms with van der Waals surface area (Å²) in [6, 6.07) is 18.8. The summed E-state index contributed by atoms with van der Waals surface area (Å²) >= 11 is 0. The summed E-state index contributed by atoms with van der Waals surface area (Å²) < 4.78 is 10.6. The van der Waals surface area contributed by atoms with Gasteiger partial charge in [0.25, 0.3) is 11.8 Å². The predicted octanol–water partition coefficient (Wildman–Crippen LogP) is 4.12. The molecule has 2 heterocycles. The van der Waals surface area contributed by atoms with Gasteiger partial charge in [0, 0.05) is 17.5 Å². The van der Waals surface area contributed by atoms with Crippen LogP contribution in [-0.4, -0.2) is 17.8 Å². The zero-order valence-corrected chi connectivity index (χ0v) is 16.8. The van der Waals surface area contributed by atoms with Crippen molar-refractivity contribution >= 4 is 34.4 Å². The molecule has 3 aromatic carbocycles. The molecule has 32 heavy (non-hydrogen) atoms. The second-order valence-corrected chi connectivity index (χ2v) is 7.33. The first-order valence-electron chi connectivity index (χ1n) is 9.77. The molecule has 2 amide bonds. The third-order valence-corrected chi connectivity index (χ3v) is 5.29. The molecule has 1 aliphatic rings. The van der Waals surface area contributed by atoms with Crippen LogP contribution < -0.4 is 15.3 Å². The highest BCUT2D eigenvalue weighted by molar-refractivity contribution is 6.34. The van der Waals surface area contributed by atoms with E-state index in [1.807, 2.05) is 0 Å². The van der Waals surface area contributed by atoms with Crippen molar-refractivity contribution in [1.82, 2.24) is 0 Å². The van der Waals surface area contributed by atoms with Gasteiger partial charge in [0.2, 0.25) is 0 Å². The first kappa shape index (κ1) is 19.4. The molecule has 1 aliphatic heterocycles. The minimum absolute atomic E-state index is 0.223. The number of hydrogen-bond acceptors (Lipinski definition) is 6. The Morgan fingerprint density at radius 1 is 0.844 bits per heavy atom. The van der Waals surface area contributed by atoms with Crippen LogP contribution >= 0.6 is 0 Å². The highest BCUT2D eigenvalue weighted by Gasteiger charge is 2.36. The molecular formula is C25H15NO6. The van der Waals surface area contributed by atoms with Crippen LogP contribution in [0.3, 0.4) is 0 Å². The van der Waals surface area contributed by atoms with Gasteiger partial charge in [0.15, 0.2) is 0 Å². The second-order valence-electron chi connectivity index (χ2n) is 7.33. The van der Waals surface area contributed by atoms with Crippen LogP contribution in [0.1, 0.15) is 36.6 Å². The first-order valence-corrected chi connectivity index (χ1v) is 9.77. The van der Waals surface area contributed by atoms with Crippen LogP contribution in [0.4, 0.5) is 5.69 Å². The number of hydrogen-bond donors (Lipinski definition) is 0. The third kappa shape index (κ3) is 3.16. The van der Waals surface area contributed by atoms with Crippen LogP contribution in [-0.2, 0) is 0 Å². The number of benzene rings is 3. The Hall–Kier alpha value is -4.52. The first-order chi connectivity index (χ1) is 15.4. The Kier molecular flexibility index (Phi) is 4.44. The molecule has 0 saturated heterocycles. The van der Waals surface area contributed by atoms with Gasteiger partial charge < -0.3 is 9.15 Å². The van der Waals surface area contributed by atoms with E-state index < -0.39 is 23.4 Å². The maximum Gasteiger partial charge on any atom is 0.343 e. The number of amides is 2. The Morgan fingerprint density at radius 2 is 1.50 bits per heavy atom. The molecule has 0 radical (unpaired) electrons. The number of esters is 1. The molecule has 0 unspecified atom stereocenters.